The Hall–Kier alpha value is -3.07. The highest BCUT2D eigenvalue weighted by molar-refractivity contribution is 7.71. The molecule has 2 amide bonds. The van der Waals surface area contributed by atoms with Crippen molar-refractivity contribution in [3.63, 3.8) is 0 Å². The summed E-state index contributed by atoms with van der Waals surface area (Å²) >= 11 is 4.98. The Labute approximate surface area is 148 Å². The highest BCUT2D eigenvalue weighted by Crippen LogP contribution is 2.12. The van der Waals surface area contributed by atoms with Crippen molar-refractivity contribution in [2.24, 2.45) is 0 Å². The van der Waals surface area contributed by atoms with E-state index in [9.17, 15) is 14.4 Å². The number of nitrogens with one attached hydrogen (secondary N) is 1. The molecule has 0 spiro atoms. The van der Waals surface area contributed by atoms with Crippen LogP contribution in [-0.4, -0.2) is 33.8 Å². The fourth-order valence-corrected chi connectivity index (χ4v) is 2.30. The molecule has 0 aliphatic heterocycles. The van der Waals surface area contributed by atoms with Gasteiger partial charge in [-0.15, -0.1) is 0 Å². The van der Waals surface area contributed by atoms with Gasteiger partial charge < -0.3 is 4.74 Å². The standard InChI is InChI=1S/C16H16N4O4S/c1-10(21)19(11(2)22)20-15(23)14(17-18-16(20)25)9-6-12-4-7-13(24-3)8-5-12/h4-9H,1-3H3,(H,18,25)/b9-6+. The van der Waals surface area contributed by atoms with Gasteiger partial charge in [-0.2, -0.15) is 14.8 Å². The average molecular weight is 360 g/mol. The van der Waals surface area contributed by atoms with Gasteiger partial charge in [0.2, 0.25) is 16.6 Å². The van der Waals surface area contributed by atoms with Gasteiger partial charge in [-0.05, 0) is 36.0 Å². The molecule has 130 valence electrons. The predicted octanol–water partition coefficient (Wildman–Crippen LogP) is 1.51. The molecule has 25 heavy (non-hydrogen) atoms. The average Bonchev–Trinajstić information content (AvgIpc) is 2.57. The number of H-pyrrole nitrogens is 1. The first kappa shape index (κ1) is 18.3. The Morgan fingerprint density at radius 1 is 1.20 bits per heavy atom. The maximum atomic E-state index is 12.6. The molecule has 1 aromatic heterocycles. The number of methoxy groups -OCH3 is 1. The van der Waals surface area contributed by atoms with Crippen LogP contribution in [0.5, 0.6) is 5.75 Å². The first-order valence-corrected chi connectivity index (χ1v) is 7.61. The number of benzene rings is 1. The summed E-state index contributed by atoms with van der Waals surface area (Å²) in [6.07, 6.45) is 3.13. The minimum absolute atomic E-state index is 0.00285. The quantitative estimate of drug-likeness (QED) is 0.830. The van der Waals surface area contributed by atoms with Gasteiger partial charge in [0.25, 0.3) is 5.56 Å². The van der Waals surface area contributed by atoms with Gasteiger partial charge >= 0.3 is 0 Å². The van der Waals surface area contributed by atoms with E-state index in [1.54, 1.807) is 37.5 Å². The molecule has 2 aromatic rings. The molecule has 9 heteroatoms. The highest BCUT2D eigenvalue weighted by atomic mass is 32.1. The van der Waals surface area contributed by atoms with Crippen molar-refractivity contribution in [1.82, 2.24) is 14.9 Å². The van der Waals surface area contributed by atoms with E-state index in [0.717, 1.165) is 24.1 Å². The third-order valence-corrected chi connectivity index (χ3v) is 3.49. The van der Waals surface area contributed by atoms with Crippen LogP contribution in [0.4, 0.5) is 0 Å². The van der Waals surface area contributed by atoms with Gasteiger partial charge in [0.1, 0.15) is 5.75 Å². The second-order valence-electron chi connectivity index (χ2n) is 4.99. The van der Waals surface area contributed by atoms with Crippen LogP contribution in [0.3, 0.4) is 0 Å². The van der Waals surface area contributed by atoms with Crippen molar-refractivity contribution >= 4 is 36.2 Å². The SMILES string of the molecule is COc1ccc(/C=C/c2n[nH]c(=S)n(N(C(C)=O)C(C)=O)c2=O)cc1. The zero-order chi connectivity index (χ0) is 18.6. The van der Waals surface area contributed by atoms with Gasteiger partial charge in [0.05, 0.1) is 7.11 Å². The lowest BCUT2D eigenvalue weighted by Crippen LogP contribution is -2.49. The molecule has 2 rings (SSSR count). The minimum Gasteiger partial charge on any atom is -0.497 e. The number of ether oxygens (including phenoxy) is 1. The summed E-state index contributed by atoms with van der Waals surface area (Å²) in [5, 5.41) is 6.99. The molecule has 0 fully saturated rings. The monoisotopic (exact) mass is 360 g/mol. The van der Waals surface area contributed by atoms with Crippen LogP contribution in [0, 0.1) is 4.77 Å². The molecular formula is C16H16N4O4S. The summed E-state index contributed by atoms with van der Waals surface area (Å²) < 4.78 is 5.71. The Kier molecular flexibility index (Phi) is 5.60. The van der Waals surface area contributed by atoms with E-state index < -0.39 is 17.4 Å². The van der Waals surface area contributed by atoms with Crippen LogP contribution in [0.25, 0.3) is 12.2 Å². The summed E-state index contributed by atoms with van der Waals surface area (Å²) in [6, 6.07) is 7.15. The Balaban J connectivity index is 2.46. The number of rotatable bonds is 4. The molecule has 8 nitrogen and oxygen atoms in total. The second kappa shape index (κ2) is 7.67. The van der Waals surface area contributed by atoms with E-state index in [0.29, 0.717) is 10.8 Å². The number of carbonyl (C=O) groups excluding carboxylic acids is 2. The number of carbonyl (C=O) groups is 2. The number of amides is 2. The molecule has 1 N–H and O–H groups in total. The lowest BCUT2D eigenvalue weighted by atomic mass is 10.2. The van der Waals surface area contributed by atoms with Crippen LogP contribution < -0.4 is 15.3 Å². The van der Waals surface area contributed by atoms with Crippen molar-refractivity contribution in [2.75, 3.05) is 12.1 Å². The van der Waals surface area contributed by atoms with E-state index in [1.165, 1.54) is 6.08 Å². The molecular weight excluding hydrogens is 344 g/mol. The molecule has 1 heterocycles. The van der Waals surface area contributed by atoms with E-state index in [4.69, 9.17) is 17.0 Å². The van der Waals surface area contributed by atoms with Crippen LogP contribution in [-0.2, 0) is 9.59 Å². The summed E-state index contributed by atoms with van der Waals surface area (Å²) in [7, 11) is 1.57. The van der Waals surface area contributed by atoms with Crippen molar-refractivity contribution in [1.29, 1.82) is 0 Å². The normalized spacial score (nSPS) is 10.7. The maximum absolute atomic E-state index is 12.6. The molecule has 1 aromatic carbocycles. The zero-order valence-electron chi connectivity index (χ0n) is 13.8. The first-order chi connectivity index (χ1) is 11.8. The Morgan fingerprint density at radius 2 is 1.80 bits per heavy atom. The predicted molar refractivity (Wildman–Crippen MR) is 95.2 cm³/mol. The number of hydrogen-bond donors (Lipinski definition) is 1. The number of nitrogens with zero attached hydrogens (tertiary/aromatic N) is 3. The van der Waals surface area contributed by atoms with Crippen molar-refractivity contribution in [3.8, 4) is 5.75 Å². The number of aromatic amines is 1. The van der Waals surface area contributed by atoms with E-state index in [2.05, 4.69) is 10.2 Å². The smallest absolute Gasteiger partial charge is 0.300 e. The molecule has 0 bridgehead atoms. The highest BCUT2D eigenvalue weighted by Gasteiger charge is 2.20. The van der Waals surface area contributed by atoms with Gasteiger partial charge in [-0.25, -0.2) is 0 Å². The lowest BCUT2D eigenvalue weighted by molar-refractivity contribution is -0.126. The number of aromatic nitrogens is 3. The third-order valence-electron chi connectivity index (χ3n) is 3.22. The van der Waals surface area contributed by atoms with Gasteiger partial charge in [-0.1, -0.05) is 18.2 Å². The maximum Gasteiger partial charge on any atom is 0.300 e. The van der Waals surface area contributed by atoms with Crippen LogP contribution >= 0.6 is 12.2 Å². The fourth-order valence-electron chi connectivity index (χ4n) is 2.09. The van der Waals surface area contributed by atoms with E-state index in [1.807, 2.05) is 0 Å². The van der Waals surface area contributed by atoms with Gasteiger partial charge in [-0.3, -0.25) is 19.5 Å². The Morgan fingerprint density at radius 3 is 2.32 bits per heavy atom. The molecule has 0 saturated heterocycles. The lowest BCUT2D eigenvalue weighted by Gasteiger charge is -2.18. The summed E-state index contributed by atoms with van der Waals surface area (Å²) in [5.74, 6) is -0.559. The van der Waals surface area contributed by atoms with Crippen LogP contribution in [0.2, 0.25) is 0 Å². The molecule has 0 radical (unpaired) electrons. The number of hydrogen-bond acceptors (Lipinski definition) is 6. The molecule has 0 atom stereocenters. The molecule has 0 saturated carbocycles. The van der Waals surface area contributed by atoms with Crippen LogP contribution in [0.1, 0.15) is 25.1 Å². The fraction of sp³-hybridized carbons (Fsp3) is 0.188. The first-order valence-electron chi connectivity index (χ1n) is 7.20. The zero-order valence-corrected chi connectivity index (χ0v) is 14.7. The number of imide groups is 1. The van der Waals surface area contributed by atoms with Crippen LogP contribution in [0.15, 0.2) is 29.1 Å². The Bertz CT molecular complexity index is 930. The summed E-state index contributed by atoms with van der Waals surface area (Å²) in [5.41, 5.74) is 0.127. The largest absolute Gasteiger partial charge is 0.497 e. The van der Waals surface area contributed by atoms with E-state index >= 15 is 0 Å². The summed E-state index contributed by atoms with van der Waals surface area (Å²) in [6.45, 7) is 2.33. The topological polar surface area (TPSA) is 97.3 Å². The third kappa shape index (κ3) is 4.07. The van der Waals surface area contributed by atoms with Crippen molar-refractivity contribution < 1.29 is 14.3 Å². The summed E-state index contributed by atoms with van der Waals surface area (Å²) in [4.78, 5) is 35.9. The van der Waals surface area contributed by atoms with Crippen molar-refractivity contribution in [2.45, 2.75) is 13.8 Å². The molecule has 0 aliphatic carbocycles. The second-order valence-corrected chi connectivity index (χ2v) is 5.37. The molecule has 0 unspecified atom stereocenters. The molecule has 0 aliphatic rings. The van der Waals surface area contributed by atoms with E-state index in [-0.39, 0.29) is 10.5 Å². The van der Waals surface area contributed by atoms with Gasteiger partial charge in [0, 0.05) is 13.8 Å². The van der Waals surface area contributed by atoms with Crippen molar-refractivity contribution in [3.05, 3.63) is 50.6 Å². The van der Waals surface area contributed by atoms with Gasteiger partial charge in [0.15, 0.2) is 5.69 Å². The minimum atomic E-state index is -0.682.